The van der Waals surface area contributed by atoms with Gasteiger partial charge in [-0.2, -0.15) is 0 Å². The Morgan fingerprint density at radius 3 is 2.76 bits per heavy atom. The third-order valence-corrected chi connectivity index (χ3v) is 6.87. The quantitative estimate of drug-likeness (QED) is 0.413. The summed E-state index contributed by atoms with van der Waals surface area (Å²) in [4.78, 5) is 41.7. The maximum Gasteiger partial charge on any atom is 0.267 e. The summed E-state index contributed by atoms with van der Waals surface area (Å²) < 4.78 is 5.71. The predicted octanol–water partition coefficient (Wildman–Crippen LogP) is 2.86. The monoisotopic (exact) mass is 511 g/mol. The lowest BCUT2D eigenvalue weighted by molar-refractivity contribution is 0.0984. The van der Waals surface area contributed by atoms with Crippen LogP contribution in [0.1, 0.15) is 23.9 Å². The molecular formula is C27H29N9O2. The van der Waals surface area contributed by atoms with Crippen LogP contribution in [0.2, 0.25) is 0 Å². The Balaban J connectivity index is 1.35. The number of hydrogen-bond acceptors (Lipinski definition) is 10. The SMILES string of the molecule is Cc1cc(N2CCc3c(nc(-c4ccc(Nc5cncc(=O)[nH]5)cc4)nc3N3CCOC[C@@H]3C)C2)ncn1. The number of nitrogens with zero attached hydrogens (tertiary/aromatic N) is 7. The van der Waals surface area contributed by atoms with Gasteiger partial charge in [0, 0.05) is 41.7 Å². The Kier molecular flexibility index (Phi) is 6.42. The van der Waals surface area contributed by atoms with Gasteiger partial charge in [-0.3, -0.25) is 9.78 Å². The average Bonchev–Trinajstić information content (AvgIpc) is 2.93. The van der Waals surface area contributed by atoms with E-state index >= 15 is 0 Å². The molecule has 194 valence electrons. The number of nitrogens with one attached hydrogen (secondary N) is 2. The van der Waals surface area contributed by atoms with Crippen LogP contribution in [-0.2, 0) is 17.7 Å². The maximum absolute atomic E-state index is 11.6. The Morgan fingerprint density at radius 2 is 1.97 bits per heavy atom. The first-order chi connectivity index (χ1) is 18.5. The second kappa shape index (κ2) is 10.2. The number of fused-ring (bicyclic) bond motifs is 1. The van der Waals surface area contributed by atoms with E-state index in [1.807, 2.05) is 37.3 Å². The number of benzene rings is 1. The van der Waals surface area contributed by atoms with Gasteiger partial charge in [0.25, 0.3) is 5.56 Å². The van der Waals surface area contributed by atoms with Crippen molar-refractivity contribution in [3.63, 3.8) is 0 Å². The first-order valence-corrected chi connectivity index (χ1v) is 12.7. The van der Waals surface area contributed by atoms with Gasteiger partial charge in [-0.15, -0.1) is 0 Å². The number of H-pyrrole nitrogens is 1. The molecule has 1 atom stereocenters. The van der Waals surface area contributed by atoms with Gasteiger partial charge >= 0.3 is 0 Å². The molecule has 0 aliphatic carbocycles. The first-order valence-electron chi connectivity index (χ1n) is 12.7. The lowest BCUT2D eigenvalue weighted by Crippen LogP contribution is -2.45. The molecule has 6 rings (SSSR count). The van der Waals surface area contributed by atoms with Crippen LogP contribution in [0.4, 0.5) is 23.1 Å². The molecular weight excluding hydrogens is 482 g/mol. The molecule has 3 aromatic heterocycles. The summed E-state index contributed by atoms with van der Waals surface area (Å²) in [6, 6.07) is 10.1. The molecule has 11 heteroatoms. The fourth-order valence-corrected chi connectivity index (χ4v) is 4.93. The zero-order chi connectivity index (χ0) is 26.1. The lowest BCUT2D eigenvalue weighted by atomic mass is 10.0. The number of anilines is 4. The Labute approximate surface area is 220 Å². The molecule has 0 spiro atoms. The molecule has 0 bridgehead atoms. The summed E-state index contributed by atoms with van der Waals surface area (Å²) in [5.74, 6) is 3.11. The van der Waals surface area contributed by atoms with Crippen molar-refractivity contribution < 1.29 is 4.74 Å². The van der Waals surface area contributed by atoms with Crippen molar-refractivity contribution in [2.75, 3.05) is 41.4 Å². The normalized spacial score (nSPS) is 17.3. The molecule has 0 unspecified atom stereocenters. The molecule has 1 fully saturated rings. The van der Waals surface area contributed by atoms with Gasteiger partial charge in [-0.1, -0.05) is 0 Å². The Morgan fingerprint density at radius 1 is 1.11 bits per heavy atom. The van der Waals surface area contributed by atoms with E-state index in [1.165, 1.54) is 11.8 Å². The van der Waals surface area contributed by atoms with Gasteiger partial charge in [0.15, 0.2) is 5.82 Å². The highest BCUT2D eigenvalue weighted by atomic mass is 16.5. The molecule has 2 aliphatic rings. The van der Waals surface area contributed by atoms with E-state index in [0.29, 0.717) is 31.4 Å². The van der Waals surface area contributed by atoms with Crippen molar-refractivity contribution >= 4 is 23.1 Å². The molecule has 1 saturated heterocycles. The van der Waals surface area contributed by atoms with Gasteiger partial charge in [0.2, 0.25) is 0 Å². The number of rotatable bonds is 5. The summed E-state index contributed by atoms with van der Waals surface area (Å²) in [5, 5.41) is 3.17. The van der Waals surface area contributed by atoms with Gasteiger partial charge in [-0.25, -0.2) is 19.9 Å². The molecule has 0 radical (unpaired) electrons. The average molecular weight is 512 g/mol. The van der Waals surface area contributed by atoms with Gasteiger partial charge in [0.1, 0.15) is 23.8 Å². The highest BCUT2D eigenvalue weighted by Gasteiger charge is 2.29. The molecule has 38 heavy (non-hydrogen) atoms. The van der Waals surface area contributed by atoms with Gasteiger partial charge < -0.3 is 24.8 Å². The number of ether oxygens (including phenoxy) is 1. The summed E-state index contributed by atoms with van der Waals surface area (Å²) in [7, 11) is 0. The summed E-state index contributed by atoms with van der Waals surface area (Å²) in [6.45, 7) is 7.81. The highest BCUT2D eigenvalue weighted by Crippen LogP contribution is 2.33. The zero-order valence-electron chi connectivity index (χ0n) is 21.4. The number of morpholine rings is 1. The second-order valence-electron chi connectivity index (χ2n) is 9.62. The van der Waals surface area contributed by atoms with E-state index in [4.69, 9.17) is 14.7 Å². The minimum Gasteiger partial charge on any atom is -0.377 e. The summed E-state index contributed by atoms with van der Waals surface area (Å²) in [6.07, 6.45) is 5.26. The van der Waals surface area contributed by atoms with Crippen LogP contribution in [0, 0.1) is 6.92 Å². The molecule has 11 nitrogen and oxygen atoms in total. The fraction of sp³-hybridized carbons (Fsp3) is 0.333. The second-order valence-corrected chi connectivity index (χ2v) is 9.62. The van der Waals surface area contributed by atoms with Gasteiger partial charge in [-0.05, 0) is 44.5 Å². The van der Waals surface area contributed by atoms with Crippen molar-refractivity contribution in [2.24, 2.45) is 0 Å². The molecule has 5 heterocycles. The van der Waals surface area contributed by atoms with Crippen LogP contribution < -0.4 is 20.7 Å². The molecule has 0 amide bonds. The third kappa shape index (κ3) is 4.92. The highest BCUT2D eigenvalue weighted by molar-refractivity contribution is 5.66. The molecule has 1 aromatic carbocycles. The van der Waals surface area contributed by atoms with Crippen LogP contribution >= 0.6 is 0 Å². The standard InChI is InChI=1S/C27H29N9O2/c1-17-11-24(30-16-29-17)35-8-7-21-22(14-35)32-26(34-27(21)36-9-10-38-15-18(36)2)19-3-5-20(6-4-19)31-23-12-28-13-25(37)33-23/h3-6,11-13,16,18H,7-10,14-15H2,1-2H3,(H2,31,33,37)/t18-/m0/s1. The van der Waals surface area contributed by atoms with E-state index < -0.39 is 0 Å². The van der Waals surface area contributed by atoms with E-state index in [-0.39, 0.29) is 11.6 Å². The van der Waals surface area contributed by atoms with Crippen molar-refractivity contribution in [1.29, 1.82) is 0 Å². The molecule has 4 aromatic rings. The zero-order valence-corrected chi connectivity index (χ0v) is 21.4. The molecule has 0 saturated carbocycles. The van der Waals surface area contributed by atoms with Crippen molar-refractivity contribution in [1.82, 2.24) is 29.9 Å². The predicted molar refractivity (Wildman–Crippen MR) is 145 cm³/mol. The largest absolute Gasteiger partial charge is 0.377 e. The number of hydrogen-bond donors (Lipinski definition) is 2. The molecule has 2 aliphatic heterocycles. The minimum absolute atomic E-state index is 0.228. The number of aryl methyl sites for hydroxylation is 1. The smallest absolute Gasteiger partial charge is 0.267 e. The Hall–Kier alpha value is -4.38. The van der Waals surface area contributed by atoms with Crippen LogP contribution in [0.5, 0.6) is 0 Å². The van der Waals surface area contributed by atoms with Crippen LogP contribution in [-0.4, -0.2) is 62.2 Å². The van der Waals surface area contributed by atoms with Crippen LogP contribution in [0.15, 0.2) is 53.8 Å². The van der Waals surface area contributed by atoms with Crippen LogP contribution in [0.3, 0.4) is 0 Å². The van der Waals surface area contributed by atoms with E-state index in [9.17, 15) is 4.79 Å². The number of aromatic amines is 1. The van der Waals surface area contributed by atoms with Crippen molar-refractivity contribution in [2.45, 2.75) is 32.9 Å². The maximum atomic E-state index is 11.6. The lowest BCUT2D eigenvalue weighted by Gasteiger charge is -2.38. The van der Waals surface area contributed by atoms with Crippen molar-refractivity contribution in [3.05, 3.63) is 76.4 Å². The summed E-state index contributed by atoms with van der Waals surface area (Å²) in [5.41, 5.74) is 4.63. The number of aromatic nitrogens is 6. The van der Waals surface area contributed by atoms with Gasteiger partial charge in [0.05, 0.1) is 43.9 Å². The van der Waals surface area contributed by atoms with E-state index in [0.717, 1.165) is 53.8 Å². The van der Waals surface area contributed by atoms with Crippen molar-refractivity contribution in [3.8, 4) is 11.4 Å². The van der Waals surface area contributed by atoms with E-state index in [1.54, 1.807) is 12.5 Å². The molecule has 2 N–H and O–H groups in total. The summed E-state index contributed by atoms with van der Waals surface area (Å²) >= 11 is 0. The Bertz CT molecular complexity index is 1510. The fourth-order valence-electron chi connectivity index (χ4n) is 4.93. The van der Waals surface area contributed by atoms with E-state index in [2.05, 4.69) is 42.0 Å². The van der Waals surface area contributed by atoms with Crippen LogP contribution in [0.25, 0.3) is 11.4 Å². The topological polar surface area (TPSA) is 125 Å². The first kappa shape index (κ1) is 24.0. The third-order valence-electron chi connectivity index (χ3n) is 6.87. The minimum atomic E-state index is -0.259.